The molecule has 0 aromatic heterocycles. The Morgan fingerprint density at radius 1 is 0.897 bits per heavy atom. The van der Waals surface area contributed by atoms with Gasteiger partial charge in [0.1, 0.15) is 5.75 Å². The summed E-state index contributed by atoms with van der Waals surface area (Å²) in [5.74, 6) is 0.265. The normalized spacial score (nSPS) is 12.1. The Kier molecular flexibility index (Phi) is 6.19. The molecule has 0 heterocycles. The van der Waals surface area contributed by atoms with Crippen LogP contribution in [0.5, 0.6) is 5.75 Å². The number of carbonyl (C=O) groups is 1. The van der Waals surface area contributed by atoms with Crippen LogP contribution in [-0.2, 0) is 14.8 Å². The molecule has 0 aliphatic heterocycles. The second-order valence-electron chi connectivity index (χ2n) is 6.56. The van der Waals surface area contributed by atoms with Crippen LogP contribution < -0.4 is 14.8 Å². The number of sulfonamides is 1. The summed E-state index contributed by atoms with van der Waals surface area (Å²) in [6.07, 6.45) is -0.705. The van der Waals surface area contributed by atoms with Crippen molar-refractivity contribution in [2.45, 2.75) is 24.8 Å². The number of carbonyl (C=O) groups excluding carboxylic acids is 1. The maximum Gasteiger partial charge on any atom is 0.265 e. The highest BCUT2D eigenvalue weighted by Crippen LogP contribution is 2.19. The Labute approximate surface area is 170 Å². The minimum absolute atomic E-state index is 0.102. The van der Waals surface area contributed by atoms with Gasteiger partial charge < -0.3 is 10.1 Å². The van der Waals surface area contributed by atoms with Crippen LogP contribution in [0.15, 0.2) is 83.8 Å². The van der Waals surface area contributed by atoms with Crippen molar-refractivity contribution in [1.82, 2.24) is 0 Å². The summed E-state index contributed by atoms with van der Waals surface area (Å²) in [4.78, 5) is 12.4. The van der Waals surface area contributed by atoms with Crippen molar-refractivity contribution in [3.63, 3.8) is 0 Å². The highest BCUT2D eigenvalue weighted by atomic mass is 32.2. The first-order valence-electron chi connectivity index (χ1n) is 9.05. The largest absolute Gasteiger partial charge is 0.481 e. The lowest BCUT2D eigenvalue weighted by atomic mass is 10.2. The molecule has 0 saturated carbocycles. The van der Waals surface area contributed by atoms with Crippen molar-refractivity contribution < 1.29 is 17.9 Å². The van der Waals surface area contributed by atoms with Gasteiger partial charge in [0.15, 0.2) is 6.10 Å². The monoisotopic (exact) mass is 410 g/mol. The van der Waals surface area contributed by atoms with Crippen LogP contribution in [0.1, 0.15) is 12.5 Å². The zero-order chi connectivity index (χ0) is 20.9. The van der Waals surface area contributed by atoms with E-state index in [0.717, 1.165) is 5.56 Å². The van der Waals surface area contributed by atoms with E-state index in [2.05, 4.69) is 10.0 Å². The summed E-state index contributed by atoms with van der Waals surface area (Å²) in [5.41, 5.74) is 1.93. The van der Waals surface area contributed by atoms with Crippen molar-refractivity contribution in [2.75, 3.05) is 10.0 Å². The summed E-state index contributed by atoms with van der Waals surface area (Å²) < 4.78 is 33.2. The van der Waals surface area contributed by atoms with Gasteiger partial charge in [0.2, 0.25) is 0 Å². The van der Waals surface area contributed by atoms with Crippen LogP contribution in [-0.4, -0.2) is 20.4 Å². The third-order valence-corrected chi connectivity index (χ3v) is 5.52. The Bertz CT molecular complexity index is 1080. The van der Waals surface area contributed by atoms with E-state index < -0.39 is 16.1 Å². The molecule has 3 aromatic rings. The number of hydrogen-bond donors (Lipinski definition) is 2. The van der Waals surface area contributed by atoms with E-state index in [1.54, 1.807) is 37.3 Å². The predicted octanol–water partition coefficient (Wildman–Crippen LogP) is 4.20. The molecule has 1 amide bonds. The Hall–Kier alpha value is -3.32. The van der Waals surface area contributed by atoms with E-state index in [-0.39, 0.29) is 10.8 Å². The van der Waals surface area contributed by atoms with Crippen LogP contribution in [0.2, 0.25) is 0 Å². The van der Waals surface area contributed by atoms with Crippen molar-refractivity contribution in [3.8, 4) is 5.75 Å². The number of rotatable bonds is 7. The molecule has 6 nitrogen and oxygen atoms in total. The highest BCUT2D eigenvalue weighted by molar-refractivity contribution is 7.92. The molecule has 29 heavy (non-hydrogen) atoms. The average Bonchev–Trinajstić information content (AvgIpc) is 2.69. The van der Waals surface area contributed by atoms with Crippen molar-refractivity contribution >= 4 is 27.3 Å². The number of anilines is 2. The van der Waals surface area contributed by atoms with Crippen molar-refractivity contribution in [2.24, 2.45) is 0 Å². The zero-order valence-corrected chi connectivity index (χ0v) is 16.9. The lowest BCUT2D eigenvalue weighted by Crippen LogP contribution is -2.30. The van der Waals surface area contributed by atoms with Gasteiger partial charge in [-0.3, -0.25) is 9.52 Å². The molecule has 0 fully saturated rings. The molecule has 0 aliphatic carbocycles. The van der Waals surface area contributed by atoms with E-state index >= 15 is 0 Å². The fourth-order valence-electron chi connectivity index (χ4n) is 2.64. The van der Waals surface area contributed by atoms with Gasteiger partial charge in [0, 0.05) is 11.4 Å². The van der Waals surface area contributed by atoms with Gasteiger partial charge in [-0.15, -0.1) is 0 Å². The topological polar surface area (TPSA) is 84.5 Å². The molecule has 0 radical (unpaired) electrons. The fourth-order valence-corrected chi connectivity index (χ4v) is 3.69. The second-order valence-corrected chi connectivity index (χ2v) is 8.24. The summed E-state index contributed by atoms with van der Waals surface area (Å²) in [7, 11) is -3.72. The number of aryl methyl sites for hydroxylation is 1. The van der Waals surface area contributed by atoms with Gasteiger partial charge in [-0.25, -0.2) is 8.42 Å². The van der Waals surface area contributed by atoms with Crippen molar-refractivity contribution in [3.05, 3.63) is 84.4 Å². The molecule has 3 aromatic carbocycles. The Morgan fingerprint density at radius 3 is 2.24 bits per heavy atom. The minimum Gasteiger partial charge on any atom is -0.481 e. The lowest BCUT2D eigenvalue weighted by molar-refractivity contribution is -0.122. The lowest BCUT2D eigenvalue weighted by Gasteiger charge is -2.15. The second kappa shape index (κ2) is 8.79. The van der Waals surface area contributed by atoms with Gasteiger partial charge in [0.05, 0.1) is 4.90 Å². The number of para-hydroxylation sites is 1. The first-order chi connectivity index (χ1) is 13.8. The standard InChI is InChI=1S/C22H22N2O4S/c1-16-7-6-8-19(15-16)24-29(26,27)21-13-11-18(12-14-21)23-22(25)17(2)28-20-9-4-3-5-10-20/h3-15,17,24H,1-2H3,(H,23,25)/t17-/m1/s1. The van der Waals surface area contributed by atoms with E-state index in [9.17, 15) is 13.2 Å². The maximum atomic E-state index is 12.5. The van der Waals surface area contributed by atoms with Gasteiger partial charge in [0.25, 0.3) is 15.9 Å². The highest BCUT2D eigenvalue weighted by Gasteiger charge is 2.17. The van der Waals surface area contributed by atoms with Gasteiger partial charge in [-0.1, -0.05) is 30.3 Å². The third-order valence-electron chi connectivity index (χ3n) is 4.13. The van der Waals surface area contributed by atoms with Gasteiger partial charge >= 0.3 is 0 Å². The van der Waals surface area contributed by atoms with E-state index in [0.29, 0.717) is 17.1 Å². The van der Waals surface area contributed by atoms with Crippen LogP contribution in [0.4, 0.5) is 11.4 Å². The summed E-state index contributed by atoms with van der Waals surface area (Å²) in [6.45, 7) is 3.53. The molecule has 7 heteroatoms. The molecule has 0 aliphatic rings. The molecule has 0 bridgehead atoms. The fraction of sp³-hybridized carbons (Fsp3) is 0.136. The molecular formula is C22H22N2O4S. The van der Waals surface area contributed by atoms with Crippen LogP contribution in [0.25, 0.3) is 0 Å². The number of nitrogens with one attached hydrogen (secondary N) is 2. The quantitative estimate of drug-likeness (QED) is 0.611. The molecule has 0 saturated heterocycles. The number of ether oxygens (including phenoxy) is 1. The van der Waals surface area contributed by atoms with E-state index in [1.165, 1.54) is 24.3 Å². The van der Waals surface area contributed by atoms with Gasteiger partial charge in [-0.2, -0.15) is 0 Å². The smallest absolute Gasteiger partial charge is 0.265 e. The van der Waals surface area contributed by atoms with E-state index in [4.69, 9.17) is 4.74 Å². The predicted molar refractivity (Wildman–Crippen MR) is 114 cm³/mol. The molecular weight excluding hydrogens is 388 g/mol. The van der Waals surface area contributed by atoms with Crippen molar-refractivity contribution in [1.29, 1.82) is 0 Å². The third kappa shape index (κ3) is 5.58. The summed E-state index contributed by atoms with van der Waals surface area (Å²) in [5, 5.41) is 2.72. The molecule has 0 spiro atoms. The summed E-state index contributed by atoms with van der Waals surface area (Å²) in [6, 6.07) is 22.1. The zero-order valence-electron chi connectivity index (χ0n) is 16.1. The minimum atomic E-state index is -3.72. The van der Waals surface area contributed by atoms with Gasteiger partial charge in [-0.05, 0) is 67.9 Å². The molecule has 2 N–H and O–H groups in total. The molecule has 1 atom stereocenters. The first kappa shape index (κ1) is 20.4. The SMILES string of the molecule is Cc1cccc(NS(=O)(=O)c2ccc(NC(=O)[C@@H](C)Oc3ccccc3)cc2)c1. The number of benzene rings is 3. The van der Waals surface area contributed by atoms with Crippen LogP contribution >= 0.6 is 0 Å². The first-order valence-corrected chi connectivity index (χ1v) is 10.5. The molecule has 0 unspecified atom stereocenters. The maximum absolute atomic E-state index is 12.5. The van der Waals surface area contributed by atoms with E-state index in [1.807, 2.05) is 31.2 Å². The Morgan fingerprint density at radius 2 is 1.59 bits per heavy atom. The average molecular weight is 410 g/mol. The number of amides is 1. The summed E-state index contributed by atoms with van der Waals surface area (Å²) >= 11 is 0. The molecule has 150 valence electrons. The Balaban J connectivity index is 1.64. The van der Waals surface area contributed by atoms with Crippen LogP contribution in [0.3, 0.4) is 0 Å². The van der Waals surface area contributed by atoms with Crippen LogP contribution in [0, 0.1) is 6.92 Å². The molecule has 3 rings (SSSR count). The number of hydrogen-bond acceptors (Lipinski definition) is 4.